The predicted molar refractivity (Wildman–Crippen MR) is 81.8 cm³/mol. The van der Waals surface area contributed by atoms with Crippen LogP contribution in [0.15, 0.2) is 54.6 Å². The van der Waals surface area contributed by atoms with E-state index in [1.165, 1.54) is 11.1 Å². The van der Waals surface area contributed by atoms with E-state index in [9.17, 15) is 0 Å². The van der Waals surface area contributed by atoms with E-state index in [1.807, 2.05) is 6.07 Å². The summed E-state index contributed by atoms with van der Waals surface area (Å²) in [6.45, 7) is 0. The lowest BCUT2D eigenvalue weighted by molar-refractivity contribution is 1.01. The Morgan fingerprint density at radius 2 is 1.50 bits per heavy atom. The van der Waals surface area contributed by atoms with Gasteiger partial charge in [0.15, 0.2) is 0 Å². The maximum Gasteiger partial charge on any atom is 0.0245 e. The fourth-order valence-electron chi connectivity index (χ4n) is 1.70. The fraction of sp³-hybridized carbons (Fsp3) is 0.176. The van der Waals surface area contributed by atoms with Crippen LogP contribution in [0.5, 0.6) is 0 Å². The molecule has 0 nitrogen and oxygen atoms in total. The molecule has 0 atom stereocenters. The molecule has 2 aromatic carbocycles. The first kappa shape index (κ1) is 12.9. The van der Waals surface area contributed by atoms with Crippen LogP contribution >= 0.6 is 15.9 Å². The number of halogens is 1. The Hall–Kier alpha value is -1.52. The van der Waals surface area contributed by atoms with Crippen LogP contribution in [-0.2, 0) is 0 Å². The number of benzene rings is 2. The van der Waals surface area contributed by atoms with Crippen LogP contribution in [0.25, 0.3) is 11.1 Å². The average molecular weight is 299 g/mol. The highest BCUT2D eigenvalue weighted by molar-refractivity contribution is 9.09. The van der Waals surface area contributed by atoms with Crippen molar-refractivity contribution < 1.29 is 0 Å². The van der Waals surface area contributed by atoms with E-state index in [0.29, 0.717) is 0 Å². The molecular formula is C17H15Br. The molecule has 0 aliphatic rings. The summed E-state index contributed by atoms with van der Waals surface area (Å²) in [6.07, 6.45) is 2.06. The molecule has 0 saturated carbocycles. The minimum absolute atomic E-state index is 0.950. The molecule has 2 aromatic rings. The minimum Gasteiger partial charge on any atom is -0.0979 e. The number of hydrogen-bond donors (Lipinski definition) is 0. The summed E-state index contributed by atoms with van der Waals surface area (Å²) in [5, 5.41) is 1.02. The van der Waals surface area contributed by atoms with Gasteiger partial charge in [-0.15, -0.1) is 0 Å². The lowest BCUT2D eigenvalue weighted by Crippen LogP contribution is -1.79. The van der Waals surface area contributed by atoms with Gasteiger partial charge in [0.05, 0.1) is 0 Å². The summed E-state index contributed by atoms with van der Waals surface area (Å²) in [5.74, 6) is 6.37. The van der Waals surface area contributed by atoms with Gasteiger partial charge in [-0.25, -0.2) is 0 Å². The third-order valence-electron chi connectivity index (χ3n) is 2.66. The zero-order valence-electron chi connectivity index (χ0n) is 10.2. The highest BCUT2D eigenvalue weighted by atomic mass is 79.9. The summed E-state index contributed by atoms with van der Waals surface area (Å²) in [6, 6.07) is 18.8. The molecule has 0 amide bonds. The van der Waals surface area contributed by atoms with Crippen LogP contribution in [0.3, 0.4) is 0 Å². The Balaban J connectivity index is 2.08. The molecule has 2 rings (SSSR count). The molecule has 0 heterocycles. The second-order valence-corrected chi connectivity index (χ2v) is 4.83. The summed E-state index contributed by atoms with van der Waals surface area (Å²) in [4.78, 5) is 0. The summed E-state index contributed by atoms with van der Waals surface area (Å²) in [7, 11) is 0. The van der Waals surface area contributed by atoms with Crippen molar-refractivity contribution in [3.05, 3.63) is 60.2 Å². The van der Waals surface area contributed by atoms with Gasteiger partial charge in [-0.2, -0.15) is 0 Å². The van der Waals surface area contributed by atoms with Crippen LogP contribution in [0.4, 0.5) is 0 Å². The van der Waals surface area contributed by atoms with Crippen LogP contribution in [0.2, 0.25) is 0 Å². The molecule has 0 N–H and O–H groups in total. The molecule has 18 heavy (non-hydrogen) atoms. The van der Waals surface area contributed by atoms with Gasteiger partial charge >= 0.3 is 0 Å². The Kier molecular flexibility index (Phi) is 5.05. The van der Waals surface area contributed by atoms with E-state index in [4.69, 9.17) is 0 Å². The topological polar surface area (TPSA) is 0 Å². The van der Waals surface area contributed by atoms with Crippen molar-refractivity contribution in [2.45, 2.75) is 12.8 Å². The average Bonchev–Trinajstić information content (AvgIpc) is 2.45. The second kappa shape index (κ2) is 7.03. The molecule has 0 fully saturated rings. The Morgan fingerprint density at radius 1 is 0.833 bits per heavy atom. The molecule has 0 aliphatic heterocycles. The maximum atomic E-state index is 3.40. The van der Waals surface area contributed by atoms with Crippen molar-refractivity contribution in [3.63, 3.8) is 0 Å². The van der Waals surface area contributed by atoms with Crippen molar-refractivity contribution in [2.24, 2.45) is 0 Å². The largest absolute Gasteiger partial charge is 0.0979 e. The first-order valence-corrected chi connectivity index (χ1v) is 7.22. The van der Waals surface area contributed by atoms with Crippen molar-refractivity contribution in [3.8, 4) is 23.0 Å². The molecule has 90 valence electrons. The van der Waals surface area contributed by atoms with E-state index in [1.54, 1.807) is 0 Å². The number of hydrogen-bond acceptors (Lipinski definition) is 0. The summed E-state index contributed by atoms with van der Waals surface area (Å²) < 4.78 is 0. The predicted octanol–water partition coefficient (Wildman–Crippen LogP) is 4.88. The number of alkyl halides is 1. The smallest absolute Gasteiger partial charge is 0.0245 e. The SMILES string of the molecule is BrCCCC#Cc1ccc(-c2ccccc2)cc1. The fourth-order valence-corrected chi connectivity index (χ4v) is 1.98. The van der Waals surface area contributed by atoms with Gasteiger partial charge in [-0.3, -0.25) is 0 Å². The molecule has 0 aliphatic carbocycles. The van der Waals surface area contributed by atoms with Gasteiger partial charge in [0.2, 0.25) is 0 Å². The monoisotopic (exact) mass is 298 g/mol. The van der Waals surface area contributed by atoms with Gasteiger partial charge in [0, 0.05) is 17.3 Å². The molecule has 0 spiro atoms. The van der Waals surface area contributed by atoms with E-state index in [-0.39, 0.29) is 0 Å². The van der Waals surface area contributed by atoms with Crippen molar-refractivity contribution >= 4 is 15.9 Å². The van der Waals surface area contributed by atoms with Gasteiger partial charge < -0.3 is 0 Å². The molecule has 0 aromatic heterocycles. The molecule has 0 radical (unpaired) electrons. The van der Waals surface area contributed by atoms with Gasteiger partial charge in [-0.1, -0.05) is 70.2 Å². The Labute approximate surface area is 117 Å². The van der Waals surface area contributed by atoms with Crippen LogP contribution in [0.1, 0.15) is 18.4 Å². The molecular weight excluding hydrogens is 284 g/mol. The van der Waals surface area contributed by atoms with Gasteiger partial charge in [0.25, 0.3) is 0 Å². The summed E-state index contributed by atoms with van der Waals surface area (Å²) >= 11 is 3.40. The van der Waals surface area contributed by atoms with Crippen LogP contribution in [-0.4, -0.2) is 5.33 Å². The van der Waals surface area contributed by atoms with E-state index >= 15 is 0 Å². The van der Waals surface area contributed by atoms with Crippen molar-refractivity contribution in [2.75, 3.05) is 5.33 Å². The van der Waals surface area contributed by atoms with E-state index in [0.717, 1.165) is 23.7 Å². The summed E-state index contributed by atoms with van der Waals surface area (Å²) in [5.41, 5.74) is 3.57. The van der Waals surface area contributed by atoms with E-state index < -0.39 is 0 Å². The van der Waals surface area contributed by atoms with Crippen molar-refractivity contribution in [1.82, 2.24) is 0 Å². The zero-order valence-corrected chi connectivity index (χ0v) is 11.8. The molecule has 0 saturated heterocycles. The van der Waals surface area contributed by atoms with Crippen LogP contribution < -0.4 is 0 Å². The number of rotatable bonds is 3. The standard InChI is InChI=1S/C17H15Br/c18-14-6-2-3-7-15-10-12-17(13-11-15)16-8-4-1-5-9-16/h1,4-5,8-13H,2,6,14H2. The normalized spacial score (nSPS) is 9.61. The molecule has 0 bridgehead atoms. The minimum atomic E-state index is 0.950. The van der Waals surface area contributed by atoms with Gasteiger partial charge in [-0.05, 0) is 29.7 Å². The van der Waals surface area contributed by atoms with Gasteiger partial charge in [0.1, 0.15) is 0 Å². The molecule has 0 unspecified atom stereocenters. The quantitative estimate of drug-likeness (QED) is 0.430. The first-order valence-electron chi connectivity index (χ1n) is 6.10. The number of unbranched alkanes of at least 4 members (excludes halogenated alkanes) is 1. The highest BCUT2D eigenvalue weighted by Gasteiger charge is 1.95. The van der Waals surface area contributed by atoms with E-state index in [2.05, 4.69) is 76.3 Å². The Bertz CT molecular complexity index is 529. The molecule has 1 heteroatoms. The van der Waals surface area contributed by atoms with Crippen LogP contribution in [0, 0.1) is 11.8 Å². The first-order chi connectivity index (χ1) is 8.90. The maximum absolute atomic E-state index is 3.40. The highest BCUT2D eigenvalue weighted by Crippen LogP contribution is 2.18. The lowest BCUT2D eigenvalue weighted by Gasteiger charge is -2.00. The third kappa shape index (κ3) is 3.75. The third-order valence-corrected chi connectivity index (χ3v) is 3.22. The van der Waals surface area contributed by atoms with Crippen molar-refractivity contribution in [1.29, 1.82) is 0 Å². The second-order valence-electron chi connectivity index (χ2n) is 4.04. The lowest BCUT2D eigenvalue weighted by atomic mass is 10.0. The zero-order chi connectivity index (χ0) is 12.6. The Morgan fingerprint density at radius 3 is 2.17 bits per heavy atom.